The molecule has 1 fully saturated rings. The van der Waals surface area contributed by atoms with Gasteiger partial charge in [-0.2, -0.15) is 13.2 Å². The minimum absolute atomic E-state index is 0.00340. The number of amides is 2. The predicted molar refractivity (Wildman–Crippen MR) is 136 cm³/mol. The number of rotatable bonds is 8. The maximum absolute atomic E-state index is 13.0. The molecule has 202 valence electrons. The van der Waals surface area contributed by atoms with Crippen molar-refractivity contribution in [2.45, 2.75) is 33.0 Å². The summed E-state index contributed by atoms with van der Waals surface area (Å²) in [6, 6.07) is 14.2. The van der Waals surface area contributed by atoms with Crippen molar-refractivity contribution in [2.24, 2.45) is 5.92 Å². The van der Waals surface area contributed by atoms with Gasteiger partial charge < -0.3 is 14.6 Å². The molecule has 1 aliphatic rings. The maximum atomic E-state index is 13.0. The summed E-state index contributed by atoms with van der Waals surface area (Å²) < 4.78 is 44.9. The molecule has 1 N–H and O–H groups in total. The number of carbonyl (C=O) groups is 2. The summed E-state index contributed by atoms with van der Waals surface area (Å²) in [5.41, 5.74) is 0.896. The van der Waals surface area contributed by atoms with Crippen molar-refractivity contribution in [3.63, 3.8) is 0 Å². The normalized spacial score (nSPS) is 14.6. The number of piperazine rings is 1. The number of benzene rings is 2. The second-order valence-corrected chi connectivity index (χ2v) is 9.77. The second kappa shape index (κ2) is 11.8. The van der Waals surface area contributed by atoms with Crippen LogP contribution in [0.4, 0.5) is 13.2 Å². The molecule has 0 bridgehead atoms. The molecule has 3 aromatic rings. The molecule has 4 rings (SSSR count). The van der Waals surface area contributed by atoms with E-state index in [0.29, 0.717) is 38.0 Å². The number of nitrogens with zero attached hydrogens (tertiary/aromatic N) is 3. The lowest BCUT2D eigenvalue weighted by Gasteiger charge is -2.34. The lowest BCUT2D eigenvalue weighted by atomic mass is 10.0. The van der Waals surface area contributed by atoms with Crippen LogP contribution in [0.2, 0.25) is 0 Å². The van der Waals surface area contributed by atoms with Gasteiger partial charge in [0.25, 0.3) is 5.91 Å². The van der Waals surface area contributed by atoms with Crippen molar-refractivity contribution in [3.8, 4) is 11.3 Å². The molecule has 38 heavy (non-hydrogen) atoms. The van der Waals surface area contributed by atoms with Crippen LogP contribution in [0, 0.1) is 5.92 Å². The lowest BCUT2D eigenvalue weighted by Crippen LogP contribution is -2.51. The molecule has 0 saturated carbocycles. The summed E-state index contributed by atoms with van der Waals surface area (Å²) in [5.74, 6) is 0.955. The average molecular weight is 529 g/mol. The standard InChI is InChI=1S/C28H31F3N4O3/c1-19(2)15-23-26(20-7-4-3-5-8-20)33-25(38-23)17-32-24(36)18-34-11-13-35(14-12-34)27(37)21-9-6-10-22(16-21)28(29,30)31/h3-10,16,19H,11-15,17-18H2,1-2H3,(H,32,36). The third-order valence-corrected chi connectivity index (χ3v) is 6.28. The highest BCUT2D eigenvalue weighted by Gasteiger charge is 2.32. The molecule has 2 aromatic carbocycles. The molecule has 10 heteroatoms. The SMILES string of the molecule is CC(C)Cc1oc(CNC(=O)CN2CCN(C(=O)c3cccc(C(F)(F)F)c3)CC2)nc1-c1ccccc1. The van der Waals surface area contributed by atoms with Crippen LogP contribution in [0.15, 0.2) is 59.0 Å². The van der Waals surface area contributed by atoms with E-state index in [4.69, 9.17) is 4.42 Å². The van der Waals surface area contributed by atoms with E-state index in [9.17, 15) is 22.8 Å². The van der Waals surface area contributed by atoms with Gasteiger partial charge in [0.1, 0.15) is 11.5 Å². The van der Waals surface area contributed by atoms with E-state index in [-0.39, 0.29) is 24.6 Å². The number of halogens is 3. The number of alkyl halides is 3. The Labute approximate surface area is 219 Å². The fraction of sp³-hybridized carbons (Fsp3) is 0.393. The van der Waals surface area contributed by atoms with Crippen molar-refractivity contribution in [2.75, 3.05) is 32.7 Å². The highest BCUT2D eigenvalue weighted by atomic mass is 19.4. The molecular formula is C28H31F3N4O3. The van der Waals surface area contributed by atoms with Gasteiger partial charge in [-0.05, 0) is 24.1 Å². The van der Waals surface area contributed by atoms with Gasteiger partial charge in [-0.3, -0.25) is 14.5 Å². The summed E-state index contributed by atoms with van der Waals surface area (Å²) in [6.07, 6.45) is -3.78. The fourth-order valence-corrected chi connectivity index (χ4v) is 4.36. The molecule has 2 heterocycles. The summed E-state index contributed by atoms with van der Waals surface area (Å²) in [6.45, 7) is 6.02. The Balaban J connectivity index is 1.28. The maximum Gasteiger partial charge on any atom is 0.416 e. The molecule has 0 radical (unpaired) electrons. The summed E-state index contributed by atoms with van der Waals surface area (Å²) in [4.78, 5) is 33.3. The van der Waals surface area contributed by atoms with E-state index in [1.807, 2.05) is 35.2 Å². The van der Waals surface area contributed by atoms with Crippen LogP contribution in [-0.2, 0) is 23.9 Å². The van der Waals surface area contributed by atoms with E-state index in [2.05, 4.69) is 24.1 Å². The Hall–Kier alpha value is -3.66. The third-order valence-electron chi connectivity index (χ3n) is 6.28. The number of hydrogen-bond acceptors (Lipinski definition) is 5. The number of carbonyl (C=O) groups excluding carboxylic acids is 2. The highest BCUT2D eigenvalue weighted by molar-refractivity contribution is 5.94. The van der Waals surface area contributed by atoms with Gasteiger partial charge in [0, 0.05) is 43.7 Å². The molecule has 0 atom stereocenters. The zero-order valence-corrected chi connectivity index (χ0v) is 21.4. The summed E-state index contributed by atoms with van der Waals surface area (Å²) in [5, 5.41) is 2.85. The van der Waals surface area contributed by atoms with Crippen LogP contribution < -0.4 is 5.32 Å². The van der Waals surface area contributed by atoms with Gasteiger partial charge in [-0.15, -0.1) is 0 Å². The van der Waals surface area contributed by atoms with Crippen LogP contribution in [0.25, 0.3) is 11.3 Å². The van der Waals surface area contributed by atoms with Crippen LogP contribution in [0.1, 0.15) is 41.4 Å². The second-order valence-electron chi connectivity index (χ2n) is 9.77. The molecule has 2 amide bonds. The Kier molecular flexibility index (Phi) is 8.51. The first-order chi connectivity index (χ1) is 18.1. The number of hydrogen-bond donors (Lipinski definition) is 1. The molecule has 0 spiro atoms. The number of oxazole rings is 1. The van der Waals surface area contributed by atoms with Gasteiger partial charge in [0.15, 0.2) is 0 Å². The lowest BCUT2D eigenvalue weighted by molar-refractivity contribution is -0.137. The fourth-order valence-electron chi connectivity index (χ4n) is 4.36. The Morgan fingerprint density at radius 2 is 1.74 bits per heavy atom. The first kappa shape index (κ1) is 27.4. The first-order valence-electron chi connectivity index (χ1n) is 12.6. The van der Waals surface area contributed by atoms with E-state index >= 15 is 0 Å². The number of nitrogens with one attached hydrogen (secondary N) is 1. The van der Waals surface area contributed by atoms with Crippen molar-refractivity contribution in [1.82, 2.24) is 20.1 Å². The highest BCUT2D eigenvalue weighted by Crippen LogP contribution is 2.30. The third kappa shape index (κ3) is 7.00. The predicted octanol–water partition coefficient (Wildman–Crippen LogP) is 4.63. The minimum atomic E-state index is -4.51. The average Bonchev–Trinajstić information content (AvgIpc) is 3.29. The van der Waals surface area contributed by atoms with Gasteiger partial charge in [0.05, 0.1) is 18.7 Å². The van der Waals surface area contributed by atoms with Gasteiger partial charge >= 0.3 is 6.18 Å². The molecule has 0 unspecified atom stereocenters. The topological polar surface area (TPSA) is 78.7 Å². The monoisotopic (exact) mass is 528 g/mol. The summed E-state index contributed by atoms with van der Waals surface area (Å²) in [7, 11) is 0. The summed E-state index contributed by atoms with van der Waals surface area (Å²) >= 11 is 0. The Morgan fingerprint density at radius 3 is 2.39 bits per heavy atom. The van der Waals surface area contributed by atoms with Crippen molar-refractivity contribution in [1.29, 1.82) is 0 Å². The van der Waals surface area contributed by atoms with Crippen LogP contribution in [0.3, 0.4) is 0 Å². The van der Waals surface area contributed by atoms with Gasteiger partial charge in [-0.1, -0.05) is 50.2 Å². The van der Waals surface area contributed by atoms with Crippen LogP contribution in [-0.4, -0.2) is 59.3 Å². The zero-order chi connectivity index (χ0) is 27.3. The first-order valence-corrected chi connectivity index (χ1v) is 12.6. The van der Waals surface area contributed by atoms with Gasteiger partial charge in [0.2, 0.25) is 11.8 Å². The van der Waals surface area contributed by atoms with E-state index in [0.717, 1.165) is 35.6 Å². The molecule has 7 nitrogen and oxygen atoms in total. The van der Waals surface area contributed by atoms with E-state index in [1.54, 1.807) is 0 Å². The molecular weight excluding hydrogens is 497 g/mol. The Morgan fingerprint density at radius 1 is 1.03 bits per heavy atom. The quantitative estimate of drug-likeness (QED) is 0.461. The van der Waals surface area contributed by atoms with E-state index < -0.39 is 17.6 Å². The Bertz CT molecular complexity index is 1250. The van der Waals surface area contributed by atoms with Crippen LogP contribution >= 0.6 is 0 Å². The smallest absolute Gasteiger partial charge is 0.416 e. The van der Waals surface area contributed by atoms with E-state index in [1.165, 1.54) is 17.0 Å². The number of aromatic nitrogens is 1. The molecule has 1 aliphatic heterocycles. The van der Waals surface area contributed by atoms with Gasteiger partial charge in [-0.25, -0.2) is 4.98 Å². The minimum Gasteiger partial charge on any atom is -0.443 e. The molecule has 1 saturated heterocycles. The van der Waals surface area contributed by atoms with Crippen molar-refractivity contribution < 1.29 is 27.2 Å². The van der Waals surface area contributed by atoms with Crippen LogP contribution in [0.5, 0.6) is 0 Å². The molecule has 0 aliphatic carbocycles. The largest absolute Gasteiger partial charge is 0.443 e. The van der Waals surface area contributed by atoms with Crippen molar-refractivity contribution >= 4 is 11.8 Å². The molecule has 1 aromatic heterocycles. The zero-order valence-electron chi connectivity index (χ0n) is 21.4. The van der Waals surface area contributed by atoms with Crippen molar-refractivity contribution in [3.05, 3.63) is 77.4 Å².